The van der Waals surface area contributed by atoms with Gasteiger partial charge in [-0.3, -0.25) is 4.79 Å². The van der Waals surface area contributed by atoms with E-state index in [1.54, 1.807) is 24.3 Å². The van der Waals surface area contributed by atoms with Crippen molar-refractivity contribution in [3.8, 4) is 5.75 Å². The van der Waals surface area contributed by atoms with Crippen molar-refractivity contribution in [2.45, 2.75) is 25.9 Å². The van der Waals surface area contributed by atoms with Gasteiger partial charge in [0.05, 0.1) is 6.10 Å². The van der Waals surface area contributed by atoms with Crippen molar-refractivity contribution < 1.29 is 9.53 Å². The first-order valence-corrected chi connectivity index (χ1v) is 7.09. The molecular formula is C17H15ClO2. The minimum absolute atomic E-state index is 0.0111. The van der Waals surface area contributed by atoms with Crippen LogP contribution in [-0.4, -0.2) is 11.9 Å². The van der Waals surface area contributed by atoms with Crippen molar-refractivity contribution in [1.82, 2.24) is 0 Å². The Morgan fingerprint density at radius 2 is 1.85 bits per heavy atom. The molecule has 0 radical (unpaired) electrons. The molecule has 1 saturated carbocycles. The Morgan fingerprint density at radius 3 is 2.50 bits per heavy atom. The monoisotopic (exact) mass is 286 g/mol. The lowest BCUT2D eigenvalue weighted by atomic mass is 9.99. The Kier molecular flexibility index (Phi) is 3.49. The van der Waals surface area contributed by atoms with Crippen molar-refractivity contribution in [2.24, 2.45) is 0 Å². The van der Waals surface area contributed by atoms with E-state index in [9.17, 15) is 4.79 Å². The summed E-state index contributed by atoms with van der Waals surface area (Å²) >= 11 is 5.97. The molecule has 2 nitrogen and oxygen atoms in total. The van der Waals surface area contributed by atoms with Crippen molar-refractivity contribution >= 4 is 17.4 Å². The van der Waals surface area contributed by atoms with Crippen LogP contribution in [0.25, 0.3) is 0 Å². The van der Waals surface area contributed by atoms with Crippen LogP contribution in [0.1, 0.15) is 34.3 Å². The van der Waals surface area contributed by atoms with Gasteiger partial charge in [0.25, 0.3) is 0 Å². The van der Waals surface area contributed by atoms with E-state index in [0.717, 1.165) is 24.2 Å². The van der Waals surface area contributed by atoms with Gasteiger partial charge >= 0.3 is 0 Å². The number of carbonyl (C=O) groups excluding carboxylic acids is 1. The molecule has 1 aliphatic rings. The van der Waals surface area contributed by atoms with Gasteiger partial charge in [-0.2, -0.15) is 0 Å². The first-order chi connectivity index (χ1) is 9.63. The molecule has 2 aromatic rings. The quantitative estimate of drug-likeness (QED) is 0.778. The average molecular weight is 287 g/mol. The predicted octanol–water partition coefficient (Wildman–Crippen LogP) is 4.42. The zero-order chi connectivity index (χ0) is 14.1. The topological polar surface area (TPSA) is 26.3 Å². The van der Waals surface area contributed by atoms with E-state index in [-0.39, 0.29) is 5.78 Å². The summed E-state index contributed by atoms with van der Waals surface area (Å²) in [6.45, 7) is 1.91. The molecule has 0 saturated heterocycles. The summed E-state index contributed by atoms with van der Waals surface area (Å²) < 4.78 is 5.68. The predicted molar refractivity (Wildman–Crippen MR) is 79.7 cm³/mol. The van der Waals surface area contributed by atoms with Crippen LogP contribution in [0.2, 0.25) is 5.02 Å². The standard InChI is InChI=1S/C17H15ClO2/c1-11-2-5-13(18)10-16(11)17(19)12-3-6-14(7-4-12)20-15-8-9-15/h2-7,10,15H,8-9H2,1H3. The van der Waals surface area contributed by atoms with Crippen LogP contribution in [-0.2, 0) is 0 Å². The van der Waals surface area contributed by atoms with Crippen LogP contribution in [0.15, 0.2) is 42.5 Å². The van der Waals surface area contributed by atoms with Gasteiger partial charge in [0.1, 0.15) is 5.75 Å². The molecule has 2 aromatic carbocycles. The van der Waals surface area contributed by atoms with Crippen molar-refractivity contribution in [2.75, 3.05) is 0 Å². The van der Waals surface area contributed by atoms with Gasteiger partial charge in [-0.15, -0.1) is 0 Å². The summed E-state index contributed by atoms with van der Waals surface area (Å²) in [4.78, 5) is 12.5. The highest BCUT2D eigenvalue weighted by Gasteiger charge is 2.23. The maximum atomic E-state index is 12.5. The van der Waals surface area contributed by atoms with Gasteiger partial charge < -0.3 is 4.74 Å². The summed E-state index contributed by atoms with van der Waals surface area (Å²) in [5, 5.41) is 0.577. The van der Waals surface area contributed by atoms with Gasteiger partial charge in [0.2, 0.25) is 0 Å². The molecular weight excluding hydrogens is 272 g/mol. The van der Waals surface area contributed by atoms with Crippen molar-refractivity contribution in [1.29, 1.82) is 0 Å². The summed E-state index contributed by atoms with van der Waals surface area (Å²) in [6.07, 6.45) is 2.62. The molecule has 0 bridgehead atoms. The van der Waals surface area contributed by atoms with E-state index >= 15 is 0 Å². The second-order valence-corrected chi connectivity index (χ2v) is 5.57. The number of ketones is 1. The number of halogens is 1. The fourth-order valence-electron chi connectivity index (χ4n) is 2.06. The van der Waals surface area contributed by atoms with E-state index in [4.69, 9.17) is 16.3 Å². The van der Waals surface area contributed by atoms with Crippen molar-refractivity contribution in [3.05, 3.63) is 64.2 Å². The van der Waals surface area contributed by atoms with Crippen LogP contribution < -0.4 is 4.74 Å². The zero-order valence-corrected chi connectivity index (χ0v) is 12.0. The number of hydrogen-bond acceptors (Lipinski definition) is 2. The van der Waals surface area contributed by atoms with Crippen LogP contribution >= 0.6 is 11.6 Å². The van der Waals surface area contributed by atoms with Crippen LogP contribution in [0, 0.1) is 6.92 Å². The smallest absolute Gasteiger partial charge is 0.193 e. The van der Waals surface area contributed by atoms with E-state index in [1.807, 2.05) is 25.1 Å². The highest BCUT2D eigenvalue weighted by Crippen LogP contribution is 2.27. The minimum Gasteiger partial charge on any atom is -0.490 e. The maximum absolute atomic E-state index is 12.5. The second-order valence-electron chi connectivity index (χ2n) is 5.13. The van der Waals surface area contributed by atoms with E-state index in [0.29, 0.717) is 22.3 Å². The van der Waals surface area contributed by atoms with Gasteiger partial charge in [-0.1, -0.05) is 17.7 Å². The zero-order valence-electron chi connectivity index (χ0n) is 11.2. The molecule has 0 aliphatic heterocycles. The summed E-state index contributed by atoms with van der Waals surface area (Å²) in [7, 11) is 0. The summed E-state index contributed by atoms with van der Waals surface area (Å²) in [5.41, 5.74) is 2.23. The molecule has 0 atom stereocenters. The number of rotatable bonds is 4. The Bertz CT molecular complexity index is 643. The molecule has 0 aromatic heterocycles. The second kappa shape index (κ2) is 5.29. The molecule has 0 spiro atoms. The van der Waals surface area contributed by atoms with E-state index in [2.05, 4.69) is 0 Å². The molecule has 3 rings (SSSR count). The van der Waals surface area contributed by atoms with Gasteiger partial charge in [-0.25, -0.2) is 0 Å². The van der Waals surface area contributed by atoms with Gasteiger partial charge in [0.15, 0.2) is 5.78 Å². The third-order valence-corrected chi connectivity index (χ3v) is 3.62. The normalized spacial score (nSPS) is 14.1. The fraction of sp³-hybridized carbons (Fsp3) is 0.235. The highest BCUT2D eigenvalue weighted by atomic mass is 35.5. The first-order valence-electron chi connectivity index (χ1n) is 6.71. The summed E-state index contributed by atoms with van der Waals surface area (Å²) in [6, 6.07) is 12.7. The van der Waals surface area contributed by atoms with E-state index in [1.165, 1.54) is 0 Å². The fourth-order valence-corrected chi connectivity index (χ4v) is 2.23. The molecule has 3 heteroatoms. The van der Waals surface area contributed by atoms with Crippen LogP contribution in [0.4, 0.5) is 0 Å². The largest absolute Gasteiger partial charge is 0.490 e. The Labute approximate surface area is 123 Å². The SMILES string of the molecule is Cc1ccc(Cl)cc1C(=O)c1ccc(OC2CC2)cc1. The lowest BCUT2D eigenvalue weighted by molar-refractivity contribution is 0.103. The number of hydrogen-bond donors (Lipinski definition) is 0. The molecule has 20 heavy (non-hydrogen) atoms. The first kappa shape index (κ1) is 13.2. The molecule has 0 heterocycles. The third kappa shape index (κ3) is 2.86. The number of aryl methyl sites for hydroxylation is 1. The highest BCUT2D eigenvalue weighted by molar-refractivity contribution is 6.31. The molecule has 0 N–H and O–H groups in total. The third-order valence-electron chi connectivity index (χ3n) is 3.39. The van der Waals surface area contributed by atoms with Crippen molar-refractivity contribution in [3.63, 3.8) is 0 Å². The molecule has 1 aliphatic carbocycles. The Hall–Kier alpha value is -1.80. The Balaban J connectivity index is 1.83. The number of ether oxygens (including phenoxy) is 1. The minimum atomic E-state index is -0.0111. The van der Waals surface area contributed by atoms with Crippen LogP contribution in [0.3, 0.4) is 0 Å². The summed E-state index contributed by atoms with van der Waals surface area (Å²) in [5.74, 6) is 0.815. The lowest BCUT2D eigenvalue weighted by Crippen LogP contribution is -2.04. The Morgan fingerprint density at radius 1 is 1.15 bits per heavy atom. The molecule has 0 amide bonds. The average Bonchev–Trinajstić information content (AvgIpc) is 3.26. The number of benzene rings is 2. The number of carbonyl (C=O) groups is 1. The molecule has 102 valence electrons. The lowest BCUT2D eigenvalue weighted by Gasteiger charge is -2.07. The molecule has 0 unspecified atom stereocenters. The maximum Gasteiger partial charge on any atom is 0.193 e. The molecule has 1 fully saturated rings. The van der Waals surface area contributed by atoms with Gasteiger partial charge in [0, 0.05) is 16.1 Å². The van der Waals surface area contributed by atoms with Gasteiger partial charge in [-0.05, 0) is 61.7 Å². The van der Waals surface area contributed by atoms with E-state index < -0.39 is 0 Å². The van der Waals surface area contributed by atoms with Crippen LogP contribution in [0.5, 0.6) is 5.75 Å².